The number of benzene rings is 3. The van der Waals surface area contributed by atoms with Crippen LogP contribution < -0.4 is 11.2 Å². The molecule has 3 aromatic carbocycles. The van der Waals surface area contributed by atoms with Gasteiger partial charge in [-0.3, -0.25) is 19.4 Å². The Bertz CT molecular complexity index is 2060. The summed E-state index contributed by atoms with van der Waals surface area (Å²) in [4.78, 5) is 54.6. The van der Waals surface area contributed by atoms with Crippen LogP contribution in [0.2, 0.25) is 0 Å². The predicted molar refractivity (Wildman–Crippen MR) is 166 cm³/mol. The number of carbonyl (C=O) groups excluding carboxylic acids is 2. The normalized spacial score (nSPS) is 25.5. The molecule has 2 heterocycles. The van der Waals surface area contributed by atoms with Crippen LogP contribution in [-0.4, -0.2) is 42.8 Å². The van der Waals surface area contributed by atoms with E-state index in [0.29, 0.717) is 25.9 Å². The molecule has 0 unspecified atom stereocenters. The van der Waals surface area contributed by atoms with Gasteiger partial charge in [-0.2, -0.15) is 10.1 Å². The minimum absolute atomic E-state index is 0.0681. The molecule has 1 aromatic heterocycles. The number of aromatic hydroxyl groups is 2. The lowest BCUT2D eigenvalue weighted by Gasteiger charge is -2.57. The molecule has 0 spiro atoms. The first-order chi connectivity index (χ1) is 21.1. The Balaban J connectivity index is 1.16. The first kappa shape index (κ1) is 27.1. The maximum absolute atomic E-state index is 13.3. The molecule has 3 N–H and O–H groups in total. The van der Waals surface area contributed by atoms with Crippen molar-refractivity contribution in [1.29, 1.82) is 0 Å². The third-order valence-corrected chi connectivity index (χ3v) is 10.7. The molecule has 2 amide bonds. The van der Waals surface area contributed by atoms with Crippen LogP contribution in [0.3, 0.4) is 0 Å². The third-order valence-electron chi connectivity index (χ3n) is 10.1. The summed E-state index contributed by atoms with van der Waals surface area (Å²) in [5.74, 6) is -0.102. The average molecular weight is 656 g/mol. The van der Waals surface area contributed by atoms with E-state index in [4.69, 9.17) is 0 Å². The van der Waals surface area contributed by atoms with E-state index in [1.165, 1.54) is 62.3 Å². The Morgan fingerprint density at radius 1 is 0.886 bits per heavy atom. The van der Waals surface area contributed by atoms with Crippen LogP contribution in [0.25, 0.3) is 16.5 Å². The van der Waals surface area contributed by atoms with Gasteiger partial charge in [0.2, 0.25) is 5.88 Å². The van der Waals surface area contributed by atoms with Gasteiger partial charge in [-0.25, -0.2) is 9.36 Å². The van der Waals surface area contributed by atoms with Gasteiger partial charge in [0.1, 0.15) is 11.3 Å². The number of phenolic OH excluding ortho intramolecular Hbond substituents is 1. The first-order valence-electron chi connectivity index (χ1n) is 14.7. The van der Waals surface area contributed by atoms with Gasteiger partial charge in [-0.1, -0.05) is 18.2 Å². The van der Waals surface area contributed by atoms with E-state index in [1.54, 1.807) is 18.2 Å². The van der Waals surface area contributed by atoms with Crippen molar-refractivity contribution in [3.63, 3.8) is 0 Å². The molecule has 0 saturated heterocycles. The Hall–Kier alpha value is -4.51. The molecular formula is C33H27BrN4O6. The number of phenols is 1. The maximum atomic E-state index is 13.3. The molecule has 222 valence electrons. The molecule has 4 fully saturated rings. The van der Waals surface area contributed by atoms with Crippen molar-refractivity contribution in [2.24, 2.45) is 22.9 Å². The molecular weight excluding hydrogens is 628 g/mol. The van der Waals surface area contributed by atoms with Crippen LogP contribution in [0.1, 0.15) is 70.4 Å². The summed E-state index contributed by atoms with van der Waals surface area (Å²) in [6.45, 7) is 0. The average Bonchev–Trinajstić information content (AvgIpc) is 2.97. The number of imide groups is 1. The molecule has 9 rings (SSSR count). The molecule has 1 aliphatic heterocycles. The number of nitrogens with zero attached hydrogens (tertiary/aromatic N) is 3. The highest BCUT2D eigenvalue weighted by Crippen LogP contribution is 2.61. The SMILES string of the molecule is O=C1c2cccc3cc(O)cc(c23)C(=O)N1N=Cc1c(O)n(-c2ccc(C34CC5CC(CC(C5)C3)C4)cc2Br)c(=O)[nH]c1=O. The summed E-state index contributed by atoms with van der Waals surface area (Å²) in [6, 6.07) is 13.3. The van der Waals surface area contributed by atoms with Gasteiger partial charge < -0.3 is 10.2 Å². The number of aromatic amines is 1. The van der Waals surface area contributed by atoms with Crippen molar-refractivity contribution in [2.45, 2.75) is 43.9 Å². The number of aromatic nitrogens is 2. The minimum Gasteiger partial charge on any atom is -0.508 e. The second kappa shape index (κ2) is 9.49. The van der Waals surface area contributed by atoms with E-state index in [-0.39, 0.29) is 22.3 Å². The first-order valence-corrected chi connectivity index (χ1v) is 15.5. The highest BCUT2D eigenvalue weighted by molar-refractivity contribution is 9.10. The number of H-pyrrole nitrogens is 1. The monoisotopic (exact) mass is 654 g/mol. The highest BCUT2D eigenvalue weighted by Gasteiger charge is 2.51. The number of halogens is 1. The van der Waals surface area contributed by atoms with Gasteiger partial charge in [-0.05, 0) is 119 Å². The Morgan fingerprint density at radius 2 is 1.57 bits per heavy atom. The largest absolute Gasteiger partial charge is 0.508 e. The summed E-state index contributed by atoms with van der Waals surface area (Å²) >= 11 is 3.61. The lowest BCUT2D eigenvalue weighted by atomic mass is 9.48. The zero-order chi connectivity index (χ0) is 30.5. The van der Waals surface area contributed by atoms with Crippen molar-refractivity contribution in [3.8, 4) is 17.3 Å². The summed E-state index contributed by atoms with van der Waals surface area (Å²) in [5, 5.41) is 26.8. The minimum atomic E-state index is -0.939. The van der Waals surface area contributed by atoms with E-state index in [2.05, 4.69) is 26.0 Å². The van der Waals surface area contributed by atoms with E-state index >= 15 is 0 Å². The standard InChI is InChI=1S/C33H27BrN4O6/c34-25-10-20(33-12-16-6-17(13-33)8-18(7-16)14-33)4-5-26(25)37-29(41)24(28(40)36-32(37)44)15-35-38-30(42)22-3-1-2-19-9-21(39)11-23(27(19)22)31(38)43/h1-5,9-11,15-18,39,41H,6-8,12-14H2,(H,36,40,44). The highest BCUT2D eigenvalue weighted by atomic mass is 79.9. The number of rotatable bonds is 4. The molecule has 4 aromatic rings. The lowest BCUT2D eigenvalue weighted by Crippen LogP contribution is -2.48. The van der Waals surface area contributed by atoms with Crippen LogP contribution in [0, 0.1) is 17.8 Å². The second-order valence-corrected chi connectivity index (χ2v) is 13.6. The molecule has 10 nitrogen and oxygen atoms in total. The molecule has 4 saturated carbocycles. The van der Waals surface area contributed by atoms with E-state index in [1.807, 2.05) is 12.1 Å². The van der Waals surface area contributed by atoms with Crippen molar-refractivity contribution in [3.05, 3.63) is 96.1 Å². The summed E-state index contributed by atoms with van der Waals surface area (Å²) in [7, 11) is 0. The lowest BCUT2D eigenvalue weighted by molar-refractivity contribution is -0.00521. The zero-order valence-corrected chi connectivity index (χ0v) is 25.0. The fourth-order valence-corrected chi connectivity index (χ4v) is 9.22. The zero-order valence-electron chi connectivity index (χ0n) is 23.4. The number of amides is 2. The molecule has 0 radical (unpaired) electrons. The molecule has 44 heavy (non-hydrogen) atoms. The van der Waals surface area contributed by atoms with Crippen molar-refractivity contribution in [1.82, 2.24) is 14.6 Å². The van der Waals surface area contributed by atoms with Crippen LogP contribution in [-0.2, 0) is 5.41 Å². The van der Waals surface area contributed by atoms with Crippen molar-refractivity contribution in [2.75, 3.05) is 0 Å². The number of hydrazone groups is 1. The quantitative estimate of drug-likeness (QED) is 0.210. The number of nitrogens with one attached hydrogen (secondary N) is 1. The van der Waals surface area contributed by atoms with E-state index in [0.717, 1.165) is 28.5 Å². The molecule has 4 aliphatic carbocycles. The van der Waals surface area contributed by atoms with Crippen LogP contribution >= 0.6 is 15.9 Å². The van der Waals surface area contributed by atoms with E-state index < -0.39 is 34.5 Å². The van der Waals surface area contributed by atoms with E-state index in [9.17, 15) is 29.4 Å². The number of hydrogen-bond acceptors (Lipinski definition) is 7. The summed E-state index contributed by atoms with van der Waals surface area (Å²) in [5.41, 5.74) is -0.276. The van der Waals surface area contributed by atoms with Gasteiger partial charge in [0.15, 0.2) is 0 Å². The fourth-order valence-electron chi connectivity index (χ4n) is 8.66. The summed E-state index contributed by atoms with van der Waals surface area (Å²) in [6.07, 6.45) is 8.35. The van der Waals surface area contributed by atoms with Gasteiger partial charge in [0.05, 0.1) is 23.0 Å². The van der Waals surface area contributed by atoms with Crippen molar-refractivity contribution >= 4 is 44.7 Å². The number of hydrogen-bond donors (Lipinski definition) is 3. The smallest absolute Gasteiger partial charge is 0.335 e. The van der Waals surface area contributed by atoms with Crippen molar-refractivity contribution < 1.29 is 19.8 Å². The predicted octanol–water partition coefficient (Wildman–Crippen LogP) is 4.95. The van der Waals surface area contributed by atoms with Gasteiger partial charge in [-0.15, -0.1) is 0 Å². The summed E-state index contributed by atoms with van der Waals surface area (Å²) < 4.78 is 1.55. The third kappa shape index (κ3) is 3.94. The fraction of sp³-hybridized carbons (Fsp3) is 0.303. The van der Waals surface area contributed by atoms with Gasteiger partial charge in [0, 0.05) is 9.86 Å². The Labute approximate surface area is 258 Å². The molecule has 11 heteroatoms. The van der Waals surface area contributed by atoms with Gasteiger partial charge >= 0.3 is 5.69 Å². The Morgan fingerprint density at radius 3 is 2.25 bits per heavy atom. The Kier molecular flexibility index (Phi) is 5.84. The van der Waals surface area contributed by atoms with Crippen LogP contribution in [0.5, 0.6) is 11.6 Å². The van der Waals surface area contributed by atoms with Crippen LogP contribution in [0.4, 0.5) is 0 Å². The molecule has 4 bridgehead atoms. The number of carbonyl (C=O) groups is 2. The second-order valence-electron chi connectivity index (χ2n) is 12.8. The maximum Gasteiger partial charge on any atom is 0.335 e. The van der Waals surface area contributed by atoms with Gasteiger partial charge in [0.25, 0.3) is 17.4 Å². The van der Waals surface area contributed by atoms with Crippen LogP contribution in [0.15, 0.2) is 67.7 Å². The molecule has 5 aliphatic rings. The molecule has 0 atom stereocenters. The topological polar surface area (TPSA) is 145 Å².